The molecule has 1 aliphatic heterocycles. The molecule has 18 heavy (non-hydrogen) atoms. The molecule has 0 unspecified atom stereocenters. The molecule has 94 valence electrons. The minimum absolute atomic E-state index is 0.551. The highest BCUT2D eigenvalue weighted by Crippen LogP contribution is 2.34. The zero-order valence-electron chi connectivity index (χ0n) is 9.60. The summed E-state index contributed by atoms with van der Waals surface area (Å²) in [7, 11) is 0. The van der Waals surface area contributed by atoms with Crippen LogP contribution in [0.2, 0.25) is 5.02 Å². The molecule has 3 rings (SSSR count). The fraction of sp³-hybridized carbons (Fsp3) is 0.250. The molecule has 1 aliphatic rings. The Morgan fingerprint density at radius 3 is 2.67 bits per heavy atom. The van der Waals surface area contributed by atoms with E-state index in [1.807, 2.05) is 6.07 Å². The Labute approximate surface area is 109 Å². The summed E-state index contributed by atoms with van der Waals surface area (Å²) in [6.45, 7) is 1.67. The predicted octanol–water partition coefficient (Wildman–Crippen LogP) is 1.94. The molecule has 0 amide bonds. The van der Waals surface area contributed by atoms with Crippen molar-refractivity contribution in [1.82, 2.24) is 9.78 Å². The number of nitrogen functional groups attached to an aromatic ring is 1. The number of fused-ring (bicyclic) bond motifs is 1. The van der Waals surface area contributed by atoms with Crippen LogP contribution in [0.1, 0.15) is 5.56 Å². The van der Waals surface area contributed by atoms with E-state index in [2.05, 4.69) is 5.10 Å². The van der Waals surface area contributed by atoms with Crippen molar-refractivity contribution in [2.75, 3.05) is 18.9 Å². The molecule has 0 saturated carbocycles. The van der Waals surface area contributed by atoms with Crippen LogP contribution in [0.15, 0.2) is 24.5 Å². The molecule has 2 N–H and O–H groups in total. The Morgan fingerprint density at radius 2 is 2.00 bits per heavy atom. The van der Waals surface area contributed by atoms with Gasteiger partial charge in [-0.15, -0.1) is 0 Å². The lowest BCUT2D eigenvalue weighted by Crippen LogP contribution is -2.16. The summed E-state index contributed by atoms with van der Waals surface area (Å²) in [6.07, 6.45) is 3.34. The minimum atomic E-state index is 0.551. The lowest BCUT2D eigenvalue weighted by Gasteiger charge is -2.20. The number of ether oxygens (including phenoxy) is 2. The second kappa shape index (κ2) is 4.42. The van der Waals surface area contributed by atoms with Gasteiger partial charge in [0.25, 0.3) is 0 Å². The van der Waals surface area contributed by atoms with Gasteiger partial charge in [-0.3, -0.25) is 4.68 Å². The first-order valence-corrected chi connectivity index (χ1v) is 5.96. The van der Waals surface area contributed by atoms with Crippen molar-refractivity contribution < 1.29 is 9.47 Å². The standard InChI is InChI=1S/C12H12ClN3O2/c13-9-5-15-16(7-9)6-8-3-11-12(4-10(8)14)18-2-1-17-11/h3-5,7H,1-2,6,14H2. The van der Waals surface area contributed by atoms with E-state index < -0.39 is 0 Å². The maximum absolute atomic E-state index is 5.99. The van der Waals surface area contributed by atoms with Crippen LogP contribution in [0.3, 0.4) is 0 Å². The van der Waals surface area contributed by atoms with Gasteiger partial charge in [0.15, 0.2) is 11.5 Å². The Balaban J connectivity index is 1.92. The van der Waals surface area contributed by atoms with E-state index in [1.54, 1.807) is 23.1 Å². The van der Waals surface area contributed by atoms with E-state index in [1.165, 1.54) is 0 Å². The minimum Gasteiger partial charge on any atom is -0.486 e. The van der Waals surface area contributed by atoms with Crippen LogP contribution >= 0.6 is 11.6 Å². The first-order chi connectivity index (χ1) is 8.72. The molecule has 2 heterocycles. The Bertz CT molecular complexity index is 583. The SMILES string of the molecule is Nc1cc2c(cc1Cn1cc(Cl)cn1)OCCO2. The van der Waals surface area contributed by atoms with E-state index in [4.69, 9.17) is 26.8 Å². The van der Waals surface area contributed by atoms with Crippen molar-refractivity contribution in [3.63, 3.8) is 0 Å². The third-order valence-electron chi connectivity index (χ3n) is 2.74. The van der Waals surface area contributed by atoms with Crippen molar-refractivity contribution >= 4 is 17.3 Å². The van der Waals surface area contributed by atoms with Gasteiger partial charge >= 0.3 is 0 Å². The maximum Gasteiger partial charge on any atom is 0.163 e. The van der Waals surface area contributed by atoms with Gasteiger partial charge in [-0.1, -0.05) is 11.6 Å². The van der Waals surface area contributed by atoms with Gasteiger partial charge in [-0.25, -0.2) is 0 Å². The zero-order valence-corrected chi connectivity index (χ0v) is 10.4. The Morgan fingerprint density at radius 1 is 1.28 bits per heavy atom. The second-order valence-corrected chi connectivity index (χ2v) is 4.49. The number of halogens is 1. The van der Waals surface area contributed by atoms with E-state index in [9.17, 15) is 0 Å². The summed E-state index contributed by atoms with van der Waals surface area (Å²) in [5.74, 6) is 1.42. The molecular weight excluding hydrogens is 254 g/mol. The largest absolute Gasteiger partial charge is 0.486 e. The van der Waals surface area contributed by atoms with E-state index in [0.717, 1.165) is 11.3 Å². The number of rotatable bonds is 2. The first kappa shape index (κ1) is 11.2. The van der Waals surface area contributed by atoms with Crippen molar-refractivity contribution in [2.45, 2.75) is 6.54 Å². The third-order valence-corrected chi connectivity index (χ3v) is 2.93. The van der Waals surface area contributed by atoms with E-state index in [-0.39, 0.29) is 0 Å². The van der Waals surface area contributed by atoms with E-state index >= 15 is 0 Å². The topological polar surface area (TPSA) is 62.3 Å². The number of benzene rings is 1. The summed E-state index contributed by atoms with van der Waals surface area (Å²) in [6, 6.07) is 3.67. The van der Waals surface area contributed by atoms with Crippen LogP contribution in [0.25, 0.3) is 0 Å². The van der Waals surface area contributed by atoms with Gasteiger partial charge < -0.3 is 15.2 Å². The maximum atomic E-state index is 5.99. The summed E-state index contributed by atoms with van der Waals surface area (Å²) in [4.78, 5) is 0. The van der Waals surface area contributed by atoms with Crippen molar-refractivity contribution in [3.05, 3.63) is 35.1 Å². The molecule has 0 fully saturated rings. The molecule has 0 bridgehead atoms. The Hall–Kier alpha value is -1.88. The monoisotopic (exact) mass is 265 g/mol. The van der Waals surface area contributed by atoms with Gasteiger partial charge in [0.1, 0.15) is 13.2 Å². The van der Waals surface area contributed by atoms with Gasteiger partial charge in [0.2, 0.25) is 0 Å². The van der Waals surface area contributed by atoms with Gasteiger partial charge in [-0.2, -0.15) is 5.10 Å². The number of nitrogens with two attached hydrogens (primary N) is 1. The van der Waals surface area contributed by atoms with Gasteiger partial charge in [-0.05, 0) is 6.07 Å². The van der Waals surface area contributed by atoms with Gasteiger partial charge in [0.05, 0.1) is 17.8 Å². The van der Waals surface area contributed by atoms with Crippen LogP contribution < -0.4 is 15.2 Å². The van der Waals surface area contributed by atoms with Crippen LogP contribution in [0, 0.1) is 0 Å². The lowest BCUT2D eigenvalue weighted by atomic mass is 10.1. The van der Waals surface area contributed by atoms with Crippen molar-refractivity contribution in [2.24, 2.45) is 0 Å². The number of nitrogens with zero attached hydrogens (tertiary/aromatic N) is 2. The molecule has 0 saturated heterocycles. The highest BCUT2D eigenvalue weighted by atomic mass is 35.5. The fourth-order valence-electron chi connectivity index (χ4n) is 1.88. The van der Waals surface area contributed by atoms with Crippen molar-refractivity contribution in [3.8, 4) is 11.5 Å². The quantitative estimate of drug-likeness (QED) is 0.843. The summed E-state index contributed by atoms with van der Waals surface area (Å²) in [5.41, 5.74) is 7.58. The molecule has 0 atom stereocenters. The van der Waals surface area contributed by atoms with Crippen LogP contribution in [-0.4, -0.2) is 23.0 Å². The van der Waals surface area contributed by atoms with Crippen LogP contribution in [0.5, 0.6) is 11.5 Å². The first-order valence-electron chi connectivity index (χ1n) is 5.58. The molecule has 1 aromatic carbocycles. The summed E-state index contributed by atoms with van der Waals surface area (Å²) >= 11 is 5.82. The Kier molecular flexibility index (Phi) is 2.76. The molecule has 2 aromatic rings. The number of anilines is 1. The number of hydrogen-bond acceptors (Lipinski definition) is 4. The summed E-state index contributed by atoms with van der Waals surface area (Å²) < 4.78 is 12.7. The zero-order chi connectivity index (χ0) is 12.5. The summed E-state index contributed by atoms with van der Waals surface area (Å²) in [5, 5.41) is 4.72. The second-order valence-electron chi connectivity index (χ2n) is 4.05. The molecule has 0 spiro atoms. The normalized spacial score (nSPS) is 13.6. The van der Waals surface area contributed by atoms with Crippen LogP contribution in [-0.2, 0) is 6.54 Å². The fourth-order valence-corrected chi connectivity index (χ4v) is 2.04. The number of hydrogen-bond donors (Lipinski definition) is 1. The molecule has 0 aliphatic carbocycles. The molecular formula is C12H12ClN3O2. The molecule has 1 aromatic heterocycles. The van der Waals surface area contributed by atoms with Crippen molar-refractivity contribution in [1.29, 1.82) is 0 Å². The van der Waals surface area contributed by atoms with E-state index in [0.29, 0.717) is 36.2 Å². The van der Waals surface area contributed by atoms with Gasteiger partial charge in [0, 0.05) is 23.5 Å². The smallest absolute Gasteiger partial charge is 0.163 e. The molecule has 5 nitrogen and oxygen atoms in total. The average Bonchev–Trinajstić information content (AvgIpc) is 2.76. The lowest BCUT2D eigenvalue weighted by molar-refractivity contribution is 0.171. The highest BCUT2D eigenvalue weighted by molar-refractivity contribution is 6.30. The highest BCUT2D eigenvalue weighted by Gasteiger charge is 2.14. The predicted molar refractivity (Wildman–Crippen MR) is 68.2 cm³/mol. The molecule has 0 radical (unpaired) electrons. The average molecular weight is 266 g/mol. The molecule has 6 heteroatoms. The number of aromatic nitrogens is 2. The third kappa shape index (κ3) is 2.09. The van der Waals surface area contributed by atoms with Crippen LogP contribution in [0.4, 0.5) is 5.69 Å².